The molecule has 1 aromatic rings. The van der Waals surface area contributed by atoms with Gasteiger partial charge in [0.25, 0.3) is 5.91 Å². The molecule has 1 heterocycles. The zero-order valence-electron chi connectivity index (χ0n) is 15.1. The Kier molecular flexibility index (Phi) is 5.21. The summed E-state index contributed by atoms with van der Waals surface area (Å²) in [6.45, 7) is 10.4. The zero-order chi connectivity index (χ0) is 18.1. The van der Waals surface area contributed by atoms with Crippen LogP contribution in [-0.4, -0.2) is 41.1 Å². The lowest BCUT2D eigenvalue weighted by molar-refractivity contribution is -0.147. The summed E-state index contributed by atoms with van der Waals surface area (Å²) in [5.74, 6) is 0.0891. The van der Waals surface area contributed by atoms with Crippen LogP contribution in [-0.2, 0) is 9.59 Å². The van der Waals surface area contributed by atoms with E-state index in [1.165, 1.54) is 5.56 Å². The minimum atomic E-state index is -0.856. The third kappa shape index (κ3) is 3.71. The van der Waals surface area contributed by atoms with Crippen LogP contribution in [0.5, 0.6) is 5.75 Å². The third-order valence-corrected chi connectivity index (χ3v) is 4.83. The van der Waals surface area contributed by atoms with Crippen molar-refractivity contribution in [1.29, 1.82) is 0 Å². The number of nitrogens with zero attached hydrogens (tertiary/aromatic N) is 1. The van der Waals surface area contributed by atoms with Crippen LogP contribution in [0.1, 0.15) is 51.2 Å². The maximum absolute atomic E-state index is 12.5. The van der Waals surface area contributed by atoms with Crippen LogP contribution in [0.15, 0.2) is 18.2 Å². The second-order valence-electron chi connectivity index (χ2n) is 7.31. The molecule has 1 N–H and O–H groups in total. The summed E-state index contributed by atoms with van der Waals surface area (Å²) in [5.41, 5.74) is 1.55. The molecule has 1 aliphatic rings. The summed E-state index contributed by atoms with van der Waals surface area (Å²) < 4.78 is 5.79. The highest BCUT2D eigenvalue weighted by Crippen LogP contribution is 2.31. The molecule has 132 valence electrons. The lowest BCUT2D eigenvalue weighted by atomic mass is 9.90. The molecule has 0 radical (unpaired) electrons. The quantitative estimate of drug-likeness (QED) is 0.898. The van der Waals surface area contributed by atoms with E-state index in [-0.39, 0.29) is 12.5 Å². The normalized spacial score (nSPS) is 21.8. The smallest absolute Gasteiger partial charge is 0.311 e. The maximum atomic E-state index is 12.5. The van der Waals surface area contributed by atoms with Crippen molar-refractivity contribution in [3.05, 3.63) is 29.3 Å². The zero-order valence-corrected chi connectivity index (χ0v) is 15.1. The Balaban J connectivity index is 2.02. The highest BCUT2D eigenvalue weighted by Gasteiger charge is 2.43. The number of amides is 1. The summed E-state index contributed by atoms with van der Waals surface area (Å²) in [4.78, 5) is 25.4. The lowest BCUT2D eigenvalue weighted by Crippen LogP contribution is -2.41. The number of carbonyl (C=O) groups is 2. The van der Waals surface area contributed by atoms with Gasteiger partial charge in [-0.2, -0.15) is 0 Å². The molecule has 2 unspecified atom stereocenters. The van der Waals surface area contributed by atoms with E-state index in [0.29, 0.717) is 24.6 Å². The van der Waals surface area contributed by atoms with E-state index in [2.05, 4.69) is 13.8 Å². The number of aliphatic carboxylic acids is 1. The van der Waals surface area contributed by atoms with Crippen molar-refractivity contribution < 1.29 is 19.4 Å². The molecule has 1 aliphatic heterocycles. The average Bonchev–Trinajstić information content (AvgIpc) is 2.90. The minimum absolute atomic E-state index is 0.162. The first-order valence-corrected chi connectivity index (χ1v) is 8.43. The van der Waals surface area contributed by atoms with Gasteiger partial charge in [0, 0.05) is 13.1 Å². The Hall–Kier alpha value is -2.04. The number of likely N-dealkylation sites (tertiary alicyclic amines) is 1. The largest absolute Gasteiger partial charge is 0.481 e. The molecule has 0 aromatic heterocycles. The van der Waals surface area contributed by atoms with Crippen molar-refractivity contribution >= 4 is 11.9 Å². The molecule has 24 heavy (non-hydrogen) atoms. The van der Waals surface area contributed by atoms with E-state index in [1.807, 2.05) is 25.1 Å². The minimum Gasteiger partial charge on any atom is -0.481 e. The first-order valence-electron chi connectivity index (χ1n) is 8.43. The molecule has 5 nitrogen and oxygen atoms in total. The SMILES string of the molecule is Cc1cc(OC(C)C(=O)N2CCC(C)(C(=O)O)C2)ccc1C(C)C. The monoisotopic (exact) mass is 333 g/mol. The van der Waals surface area contributed by atoms with Crippen molar-refractivity contribution in [2.24, 2.45) is 5.41 Å². The Morgan fingerprint density at radius 1 is 1.29 bits per heavy atom. The number of carboxylic acids is 1. The molecular weight excluding hydrogens is 306 g/mol. The van der Waals surface area contributed by atoms with Crippen LogP contribution < -0.4 is 4.74 Å². The molecule has 1 aromatic carbocycles. The van der Waals surface area contributed by atoms with Gasteiger partial charge in [0.15, 0.2) is 6.10 Å². The number of aryl methyl sites for hydroxylation is 1. The van der Waals surface area contributed by atoms with Crippen LogP contribution in [0.2, 0.25) is 0 Å². The van der Waals surface area contributed by atoms with E-state index in [1.54, 1.807) is 18.7 Å². The maximum Gasteiger partial charge on any atom is 0.311 e. The third-order valence-electron chi connectivity index (χ3n) is 4.83. The first-order chi connectivity index (χ1) is 11.1. The molecule has 0 saturated carbocycles. The molecule has 2 atom stereocenters. The number of carboxylic acid groups (broad SMARTS) is 1. The van der Waals surface area contributed by atoms with Gasteiger partial charge in [0.05, 0.1) is 5.41 Å². The number of hydrogen-bond acceptors (Lipinski definition) is 3. The summed E-state index contributed by atoms with van der Waals surface area (Å²) in [7, 11) is 0. The first kappa shape index (κ1) is 18.3. The van der Waals surface area contributed by atoms with Crippen molar-refractivity contribution in [3.63, 3.8) is 0 Å². The number of carbonyl (C=O) groups excluding carboxylic acids is 1. The molecule has 0 aliphatic carbocycles. The van der Waals surface area contributed by atoms with E-state index >= 15 is 0 Å². The molecule has 0 spiro atoms. The Morgan fingerprint density at radius 2 is 1.96 bits per heavy atom. The Bertz CT molecular complexity index is 640. The van der Waals surface area contributed by atoms with Gasteiger partial charge in [-0.05, 0) is 56.4 Å². The molecule has 2 rings (SSSR count). The van der Waals surface area contributed by atoms with Crippen molar-refractivity contribution in [3.8, 4) is 5.75 Å². The summed E-state index contributed by atoms with van der Waals surface area (Å²) in [6, 6.07) is 5.87. The van der Waals surface area contributed by atoms with Gasteiger partial charge in [0.2, 0.25) is 0 Å². The van der Waals surface area contributed by atoms with Crippen LogP contribution >= 0.6 is 0 Å². The highest BCUT2D eigenvalue weighted by molar-refractivity contribution is 5.83. The number of hydrogen-bond donors (Lipinski definition) is 1. The van der Waals surface area contributed by atoms with Gasteiger partial charge in [-0.15, -0.1) is 0 Å². The van der Waals surface area contributed by atoms with Crippen molar-refractivity contribution in [2.75, 3.05) is 13.1 Å². The number of ether oxygens (including phenoxy) is 1. The molecule has 1 saturated heterocycles. The van der Waals surface area contributed by atoms with E-state index in [0.717, 1.165) is 5.56 Å². The lowest BCUT2D eigenvalue weighted by Gasteiger charge is -2.24. The van der Waals surface area contributed by atoms with Gasteiger partial charge in [-0.3, -0.25) is 9.59 Å². The molecule has 0 bridgehead atoms. The number of rotatable bonds is 5. The average molecular weight is 333 g/mol. The van der Waals surface area contributed by atoms with E-state index in [9.17, 15) is 14.7 Å². The summed E-state index contributed by atoms with van der Waals surface area (Å²) >= 11 is 0. The summed E-state index contributed by atoms with van der Waals surface area (Å²) in [6.07, 6.45) is -0.159. The van der Waals surface area contributed by atoms with Crippen molar-refractivity contribution in [2.45, 2.75) is 53.1 Å². The predicted molar refractivity (Wildman–Crippen MR) is 92.3 cm³/mol. The second kappa shape index (κ2) is 6.83. The fourth-order valence-corrected chi connectivity index (χ4v) is 3.20. The Morgan fingerprint density at radius 3 is 2.46 bits per heavy atom. The van der Waals surface area contributed by atoms with Gasteiger partial charge in [-0.1, -0.05) is 19.9 Å². The van der Waals surface area contributed by atoms with Gasteiger partial charge in [-0.25, -0.2) is 0 Å². The van der Waals surface area contributed by atoms with Gasteiger partial charge >= 0.3 is 5.97 Å². The van der Waals surface area contributed by atoms with Crippen LogP contribution in [0.4, 0.5) is 0 Å². The van der Waals surface area contributed by atoms with Crippen molar-refractivity contribution in [1.82, 2.24) is 4.90 Å². The fourth-order valence-electron chi connectivity index (χ4n) is 3.20. The molecule has 5 heteroatoms. The standard InChI is InChI=1S/C19H27NO4/c1-12(2)16-7-6-15(10-13(16)3)24-14(4)17(21)20-9-8-19(5,11-20)18(22)23/h6-7,10,12,14H,8-9,11H2,1-5H3,(H,22,23). The van der Waals surface area contributed by atoms with Crippen LogP contribution in [0.25, 0.3) is 0 Å². The molecule has 1 fully saturated rings. The fraction of sp³-hybridized carbons (Fsp3) is 0.579. The predicted octanol–water partition coefficient (Wildman–Crippen LogP) is 3.21. The van der Waals surface area contributed by atoms with Gasteiger partial charge < -0.3 is 14.7 Å². The Labute approximate surface area is 143 Å². The topological polar surface area (TPSA) is 66.8 Å². The van der Waals surface area contributed by atoms with Gasteiger partial charge in [0.1, 0.15) is 5.75 Å². The highest BCUT2D eigenvalue weighted by atomic mass is 16.5. The number of benzene rings is 1. The summed E-state index contributed by atoms with van der Waals surface area (Å²) in [5, 5.41) is 9.28. The van der Waals surface area contributed by atoms with Crippen LogP contribution in [0.3, 0.4) is 0 Å². The second-order valence-corrected chi connectivity index (χ2v) is 7.31. The van der Waals surface area contributed by atoms with Crippen LogP contribution in [0, 0.1) is 12.3 Å². The van der Waals surface area contributed by atoms with E-state index < -0.39 is 17.5 Å². The molecular formula is C19H27NO4. The molecule has 1 amide bonds. The van der Waals surface area contributed by atoms with E-state index in [4.69, 9.17) is 4.74 Å².